The lowest BCUT2D eigenvalue weighted by atomic mass is 9.87. The first-order valence-corrected chi connectivity index (χ1v) is 11.5. The van der Waals surface area contributed by atoms with Crippen LogP contribution in [0.15, 0.2) is 47.4 Å². The van der Waals surface area contributed by atoms with Crippen molar-refractivity contribution >= 4 is 26.5 Å². The molecule has 1 aliphatic rings. The summed E-state index contributed by atoms with van der Waals surface area (Å²) in [5, 5.41) is 1.03. The highest BCUT2D eigenvalue weighted by molar-refractivity contribution is 7.90. The van der Waals surface area contributed by atoms with Gasteiger partial charge in [0.1, 0.15) is 0 Å². The number of aromatic amines is 1. The van der Waals surface area contributed by atoms with E-state index in [4.69, 9.17) is 5.73 Å². The van der Waals surface area contributed by atoms with Crippen LogP contribution < -0.4 is 5.73 Å². The second-order valence-corrected chi connectivity index (χ2v) is 10.1. The molecule has 1 aliphatic carbocycles. The largest absolute Gasteiger partial charge is 0.357 e. The van der Waals surface area contributed by atoms with Crippen molar-refractivity contribution in [3.8, 4) is 0 Å². The van der Waals surface area contributed by atoms with E-state index in [1.165, 1.54) is 17.7 Å². The van der Waals surface area contributed by atoms with Crippen LogP contribution in [0.3, 0.4) is 0 Å². The molecule has 0 bridgehead atoms. The Morgan fingerprint density at radius 2 is 1.76 bits per heavy atom. The smallest absolute Gasteiger partial charge is 0.193 e. The van der Waals surface area contributed by atoms with Gasteiger partial charge in [0.05, 0.1) is 4.90 Å². The van der Waals surface area contributed by atoms with Crippen molar-refractivity contribution < 1.29 is 13.2 Å². The van der Waals surface area contributed by atoms with Gasteiger partial charge in [0, 0.05) is 46.1 Å². The minimum absolute atomic E-state index is 0.0544. The second-order valence-electron chi connectivity index (χ2n) is 8.07. The van der Waals surface area contributed by atoms with Gasteiger partial charge in [-0.3, -0.25) is 4.79 Å². The monoisotopic (exact) mass is 411 g/mol. The first-order chi connectivity index (χ1) is 13.6. The van der Waals surface area contributed by atoms with Crippen molar-refractivity contribution in [2.75, 3.05) is 20.4 Å². The second kappa shape index (κ2) is 7.09. The highest BCUT2D eigenvalue weighted by atomic mass is 32.2. The number of H-pyrrole nitrogens is 1. The normalized spacial score (nSPS) is 19.5. The first-order valence-electron chi connectivity index (χ1n) is 9.56. The molecule has 7 heteroatoms. The Kier molecular flexibility index (Phi) is 4.85. The number of fused-ring (bicyclic) bond motifs is 3. The van der Waals surface area contributed by atoms with Crippen molar-refractivity contribution in [3.05, 3.63) is 64.8 Å². The van der Waals surface area contributed by atoms with Gasteiger partial charge < -0.3 is 15.6 Å². The summed E-state index contributed by atoms with van der Waals surface area (Å²) in [6.07, 6.45) is 2.93. The van der Waals surface area contributed by atoms with Crippen LogP contribution in [0.4, 0.5) is 0 Å². The average Bonchev–Trinajstić information content (AvgIpc) is 3.05. The molecular weight excluding hydrogens is 386 g/mol. The predicted octanol–water partition coefficient (Wildman–Crippen LogP) is 2.68. The number of nitrogens with zero attached hydrogens (tertiary/aromatic N) is 1. The molecule has 0 fully saturated rings. The van der Waals surface area contributed by atoms with Crippen molar-refractivity contribution in [3.63, 3.8) is 0 Å². The number of ketones is 1. The van der Waals surface area contributed by atoms with Crippen molar-refractivity contribution in [2.45, 2.75) is 29.8 Å². The summed E-state index contributed by atoms with van der Waals surface area (Å²) in [5.74, 6) is -0.133. The summed E-state index contributed by atoms with van der Waals surface area (Å²) in [5.41, 5.74) is 10.7. The molecule has 29 heavy (non-hydrogen) atoms. The number of rotatable bonds is 4. The Hall–Kier alpha value is -2.48. The molecule has 1 aromatic heterocycles. The molecule has 2 atom stereocenters. The minimum atomic E-state index is -3.29. The number of sulfone groups is 1. The van der Waals surface area contributed by atoms with Crippen molar-refractivity contribution in [1.29, 1.82) is 0 Å². The van der Waals surface area contributed by atoms with E-state index in [0.717, 1.165) is 35.7 Å². The predicted molar refractivity (Wildman–Crippen MR) is 114 cm³/mol. The van der Waals surface area contributed by atoms with Gasteiger partial charge in [-0.2, -0.15) is 0 Å². The van der Waals surface area contributed by atoms with Crippen molar-refractivity contribution in [1.82, 2.24) is 9.88 Å². The fourth-order valence-corrected chi connectivity index (χ4v) is 4.72. The molecule has 0 saturated carbocycles. The maximum absolute atomic E-state index is 13.0. The maximum atomic E-state index is 13.0. The number of hydrogen-bond acceptors (Lipinski definition) is 5. The Morgan fingerprint density at radius 3 is 2.38 bits per heavy atom. The van der Waals surface area contributed by atoms with Crippen LogP contribution in [-0.4, -0.2) is 50.5 Å². The number of benzene rings is 2. The number of nitrogens with two attached hydrogens (primary N) is 1. The van der Waals surface area contributed by atoms with E-state index < -0.39 is 9.84 Å². The lowest BCUT2D eigenvalue weighted by Gasteiger charge is -2.31. The zero-order chi connectivity index (χ0) is 20.9. The topological polar surface area (TPSA) is 96.3 Å². The Balaban J connectivity index is 1.72. The Bertz CT molecular complexity index is 1190. The van der Waals surface area contributed by atoms with Gasteiger partial charge in [-0.05, 0) is 75.0 Å². The molecule has 0 radical (unpaired) electrons. The van der Waals surface area contributed by atoms with Gasteiger partial charge in [0.15, 0.2) is 15.6 Å². The summed E-state index contributed by atoms with van der Waals surface area (Å²) < 4.78 is 23.3. The number of carbonyl (C=O) groups is 1. The molecule has 4 rings (SSSR count). The van der Waals surface area contributed by atoms with E-state index in [9.17, 15) is 13.2 Å². The average molecular weight is 412 g/mol. The van der Waals surface area contributed by atoms with Crippen LogP contribution in [0.25, 0.3) is 10.9 Å². The van der Waals surface area contributed by atoms with Crippen LogP contribution >= 0.6 is 0 Å². The van der Waals surface area contributed by atoms with E-state index in [2.05, 4.69) is 24.0 Å². The van der Waals surface area contributed by atoms with E-state index in [-0.39, 0.29) is 16.7 Å². The fourth-order valence-electron chi connectivity index (χ4n) is 4.09. The number of aromatic nitrogens is 1. The molecule has 3 N–H and O–H groups in total. The maximum Gasteiger partial charge on any atom is 0.193 e. The van der Waals surface area contributed by atoms with Gasteiger partial charge in [-0.25, -0.2) is 8.42 Å². The molecule has 0 aliphatic heterocycles. The molecule has 0 spiro atoms. The zero-order valence-corrected chi connectivity index (χ0v) is 17.6. The molecule has 2 aromatic carbocycles. The molecule has 0 amide bonds. The van der Waals surface area contributed by atoms with Crippen LogP contribution in [0, 0.1) is 0 Å². The third-order valence-corrected chi connectivity index (χ3v) is 6.94. The molecule has 0 saturated heterocycles. The molecule has 3 aromatic rings. The quantitative estimate of drug-likeness (QED) is 0.644. The lowest BCUT2D eigenvalue weighted by Crippen LogP contribution is -2.37. The van der Waals surface area contributed by atoms with E-state index >= 15 is 0 Å². The Labute approximate surface area is 170 Å². The van der Waals surface area contributed by atoms with E-state index in [1.54, 1.807) is 18.2 Å². The van der Waals surface area contributed by atoms with Gasteiger partial charge in [0.2, 0.25) is 0 Å². The third kappa shape index (κ3) is 3.61. The van der Waals surface area contributed by atoms with Crippen LogP contribution in [0.1, 0.15) is 39.6 Å². The van der Waals surface area contributed by atoms with Gasteiger partial charge in [0.25, 0.3) is 0 Å². The van der Waals surface area contributed by atoms with Gasteiger partial charge >= 0.3 is 0 Å². The first kappa shape index (κ1) is 19.8. The summed E-state index contributed by atoms with van der Waals surface area (Å²) in [6.45, 7) is 0. The molecule has 1 heterocycles. The fraction of sp³-hybridized carbons (Fsp3) is 0.318. The highest BCUT2D eigenvalue weighted by Crippen LogP contribution is 2.35. The number of hydrogen-bond donors (Lipinski definition) is 2. The minimum Gasteiger partial charge on any atom is -0.357 e. The summed E-state index contributed by atoms with van der Waals surface area (Å²) >= 11 is 0. The molecule has 152 valence electrons. The van der Waals surface area contributed by atoms with E-state index in [0.29, 0.717) is 17.2 Å². The molecule has 2 unspecified atom stereocenters. The highest BCUT2D eigenvalue weighted by Gasteiger charge is 2.29. The van der Waals surface area contributed by atoms with Gasteiger partial charge in [-0.15, -0.1) is 0 Å². The standard InChI is InChI=1S/C22H25N3O3S/c1-25(2)15-11-18-17-10-14(6-9-20(17)24-21(18)19(23)12-15)22(26)13-4-7-16(8-5-13)29(3,27)28/h4-10,15,19,24H,11-12,23H2,1-3H3. The van der Waals surface area contributed by atoms with E-state index in [1.807, 2.05) is 12.1 Å². The number of nitrogens with one attached hydrogen (secondary N) is 1. The number of carbonyl (C=O) groups excluding carboxylic acids is 1. The SMILES string of the molecule is CN(C)C1Cc2c([nH]c3ccc(C(=O)c4ccc(S(C)(=O)=O)cc4)cc23)C(N)C1. The van der Waals surface area contributed by atoms with Crippen molar-refractivity contribution in [2.24, 2.45) is 5.73 Å². The Morgan fingerprint density at radius 1 is 1.10 bits per heavy atom. The molecule has 6 nitrogen and oxygen atoms in total. The van der Waals surface area contributed by atoms with Crippen LogP contribution in [-0.2, 0) is 16.3 Å². The third-order valence-electron chi connectivity index (χ3n) is 5.81. The molecular formula is C22H25N3O3S. The summed E-state index contributed by atoms with van der Waals surface area (Å²) in [6, 6.07) is 12.0. The summed E-state index contributed by atoms with van der Waals surface area (Å²) in [4.78, 5) is 18.8. The summed E-state index contributed by atoms with van der Waals surface area (Å²) in [7, 11) is 0.833. The lowest BCUT2D eigenvalue weighted by molar-refractivity contribution is 0.103. The van der Waals surface area contributed by atoms with Gasteiger partial charge in [-0.1, -0.05) is 0 Å². The van der Waals surface area contributed by atoms with Crippen LogP contribution in [0.5, 0.6) is 0 Å². The zero-order valence-electron chi connectivity index (χ0n) is 16.8. The number of likely N-dealkylation sites (N-methyl/N-ethyl adjacent to an activating group) is 1. The van der Waals surface area contributed by atoms with Crippen LogP contribution in [0.2, 0.25) is 0 Å².